The summed E-state index contributed by atoms with van der Waals surface area (Å²) >= 11 is 0. The van der Waals surface area contributed by atoms with Gasteiger partial charge in [-0.1, -0.05) is 19.8 Å². The van der Waals surface area contributed by atoms with Crippen molar-refractivity contribution in [2.45, 2.75) is 64.8 Å². The summed E-state index contributed by atoms with van der Waals surface area (Å²) in [5, 5.41) is 6.78. The SMILES string of the molecule is CCNC(=NCCC(=O)N1CCCC(C)C1)NC1CCCC1. The molecular weight excluding hydrogens is 276 g/mol. The second-order valence-electron chi connectivity index (χ2n) is 6.72. The summed E-state index contributed by atoms with van der Waals surface area (Å²) in [4.78, 5) is 18.8. The summed E-state index contributed by atoms with van der Waals surface area (Å²) in [5.41, 5.74) is 0. The minimum absolute atomic E-state index is 0.256. The first-order chi connectivity index (χ1) is 10.7. The molecular formula is C17H32N4O. The molecule has 1 aliphatic heterocycles. The third-order valence-corrected chi connectivity index (χ3v) is 4.65. The van der Waals surface area contributed by atoms with Crippen LogP contribution in [0, 0.1) is 5.92 Å². The van der Waals surface area contributed by atoms with Crippen molar-refractivity contribution in [2.24, 2.45) is 10.9 Å². The van der Waals surface area contributed by atoms with Crippen LogP contribution in [-0.2, 0) is 4.79 Å². The first-order valence-electron chi connectivity index (χ1n) is 9.01. The van der Waals surface area contributed by atoms with E-state index < -0.39 is 0 Å². The van der Waals surface area contributed by atoms with E-state index in [0.717, 1.165) is 32.0 Å². The van der Waals surface area contributed by atoms with Crippen molar-refractivity contribution in [3.63, 3.8) is 0 Å². The van der Waals surface area contributed by atoms with Gasteiger partial charge in [0.1, 0.15) is 0 Å². The number of likely N-dealkylation sites (tertiary alicyclic amines) is 1. The fraction of sp³-hybridized carbons (Fsp3) is 0.882. The molecule has 5 heteroatoms. The predicted octanol–water partition coefficient (Wildman–Crippen LogP) is 2.13. The number of nitrogens with zero attached hydrogens (tertiary/aromatic N) is 2. The molecule has 1 heterocycles. The maximum Gasteiger partial charge on any atom is 0.224 e. The van der Waals surface area contributed by atoms with Crippen LogP contribution in [0.1, 0.15) is 58.8 Å². The summed E-state index contributed by atoms with van der Waals surface area (Å²) in [7, 11) is 0. The Hall–Kier alpha value is -1.26. The summed E-state index contributed by atoms with van der Waals surface area (Å²) in [6.07, 6.45) is 7.99. The predicted molar refractivity (Wildman–Crippen MR) is 91.0 cm³/mol. The summed E-state index contributed by atoms with van der Waals surface area (Å²) < 4.78 is 0. The quantitative estimate of drug-likeness (QED) is 0.604. The standard InChI is InChI=1S/C17H32N4O/c1-3-18-17(20-15-8-4-5-9-15)19-11-10-16(22)21-12-6-7-14(2)13-21/h14-15H,3-13H2,1-2H3,(H2,18,19,20). The van der Waals surface area contributed by atoms with Crippen LogP contribution < -0.4 is 10.6 Å². The van der Waals surface area contributed by atoms with Crippen LogP contribution in [0.15, 0.2) is 4.99 Å². The smallest absolute Gasteiger partial charge is 0.224 e. The molecule has 2 fully saturated rings. The number of guanidine groups is 1. The molecule has 1 aliphatic carbocycles. The Kier molecular flexibility index (Phi) is 7.00. The zero-order valence-corrected chi connectivity index (χ0v) is 14.2. The number of amides is 1. The molecule has 22 heavy (non-hydrogen) atoms. The van der Waals surface area contributed by atoms with Gasteiger partial charge in [0.2, 0.25) is 5.91 Å². The molecule has 1 atom stereocenters. The number of hydrogen-bond acceptors (Lipinski definition) is 2. The molecule has 1 saturated heterocycles. The second kappa shape index (κ2) is 9.01. The molecule has 2 aliphatic rings. The van der Waals surface area contributed by atoms with Gasteiger partial charge < -0.3 is 15.5 Å². The van der Waals surface area contributed by atoms with Gasteiger partial charge in [0.05, 0.1) is 6.54 Å². The zero-order valence-electron chi connectivity index (χ0n) is 14.2. The molecule has 0 aromatic rings. The van der Waals surface area contributed by atoms with Crippen molar-refractivity contribution in [1.29, 1.82) is 0 Å². The second-order valence-corrected chi connectivity index (χ2v) is 6.72. The monoisotopic (exact) mass is 308 g/mol. The van der Waals surface area contributed by atoms with Gasteiger partial charge in [-0.15, -0.1) is 0 Å². The van der Waals surface area contributed by atoms with Gasteiger partial charge in [-0.25, -0.2) is 0 Å². The lowest BCUT2D eigenvalue weighted by atomic mass is 10.00. The highest BCUT2D eigenvalue weighted by atomic mass is 16.2. The van der Waals surface area contributed by atoms with E-state index in [1.54, 1.807) is 0 Å². The number of piperidine rings is 1. The van der Waals surface area contributed by atoms with Crippen molar-refractivity contribution < 1.29 is 4.79 Å². The van der Waals surface area contributed by atoms with Crippen LogP contribution in [0.3, 0.4) is 0 Å². The molecule has 0 radical (unpaired) electrons. The van der Waals surface area contributed by atoms with Crippen LogP contribution in [0.5, 0.6) is 0 Å². The van der Waals surface area contributed by atoms with E-state index in [1.807, 2.05) is 4.90 Å². The minimum Gasteiger partial charge on any atom is -0.357 e. The molecule has 2 rings (SSSR count). The van der Waals surface area contributed by atoms with Crippen LogP contribution in [0.4, 0.5) is 0 Å². The van der Waals surface area contributed by atoms with E-state index in [0.29, 0.717) is 24.9 Å². The first-order valence-corrected chi connectivity index (χ1v) is 9.01. The van der Waals surface area contributed by atoms with E-state index in [2.05, 4.69) is 29.5 Å². The van der Waals surface area contributed by atoms with Gasteiger partial charge in [0.25, 0.3) is 0 Å². The number of carbonyl (C=O) groups is 1. The van der Waals surface area contributed by atoms with Gasteiger partial charge in [-0.3, -0.25) is 9.79 Å². The summed E-state index contributed by atoms with van der Waals surface area (Å²) in [6.45, 7) is 7.58. The van der Waals surface area contributed by atoms with Gasteiger partial charge in [-0.05, 0) is 38.5 Å². The van der Waals surface area contributed by atoms with E-state index in [4.69, 9.17) is 0 Å². The minimum atomic E-state index is 0.256. The lowest BCUT2D eigenvalue weighted by Crippen LogP contribution is -2.42. The lowest BCUT2D eigenvalue weighted by molar-refractivity contribution is -0.132. The highest BCUT2D eigenvalue weighted by Gasteiger charge is 2.20. The number of carbonyl (C=O) groups excluding carboxylic acids is 1. The van der Waals surface area contributed by atoms with Crippen molar-refractivity contribution in [2.75, 3.05) is 26.2 Å². The Morgan fingerprint density at radius 3 is 2.68 bits per heavy atom. The van der Waals surface area contributed by atoms with Crippen LogP contribution in [0.2, 0.25) is 0 Å². The molecule has 2 N–H and O–H groups in total. The summed E-state index contributed by atoms with van der Waals surface area (Å²) in [5.74, 6) is 1.77. The topological polar surface area (TPSA) is 56.7 Å². The fourth-order valence-electron chi connectivity index (χ4n) is 3.42. The maximum absolute atomic E-state index is 12.2. The van der Waals surface area contributed by atoms with Gasteiger partial charge in [0.15, 0.2) is 5.96 Å². The highest BCUT2D eigenvalue weighted by molar-refractivity contribution is 5.81. The Morgan fingerprint density at radius 1 is 1.23 bits per heavy atom. The van der Waals surface area contributed by atoms with Crippen LogP contribution in [-0.4, -0.2) is 49.0 Å². The number of aliphatic imine (C=N–C) groups is 1. The van der Waals surface area contributed by atoms with Crippen LogP contribution in [0.25, 0.3) is 0 Å². The molecule has 0 aromatic carbocycles. The largest absolute Gasteiger partial charge is 0.357 e. The van der Waals surface area contributed by atoms with Crippen LogP contribution >= 0.6 is 0 Å². The molecule has 0 bridgehead atoms. The third-order valence-electron chi connectivity index (χ3n) is 4.65. The Bertz CT molecular complexity index is 377. The third kappa shape index (κ3) is 5.50. The van der Waals surface area contributed by atoms with Gasteiger partial charge in [0, 0.05) is 32.1 Å². The maximum atomic E-state index is 12.2. The first kappa shape index (κ1) is 17.1. The molecule has 1 amide bonds. The Morgan fingerprint density at radius 2 is 2.00 bits per heavy atom. The van der Waals surface area contributed by atoms with Crippen molar-refractivity contribution in [1.82, 2.24) is 15.5 Å². The molecule has 126 valence electrons. The Labute approximate surface area is 134 Å². The van der Waals surface area contributed by atoms with E-state index >= 15 is 0 Å². The van der Waals surface area contributed by atoms with Crippen molar-refractivity contribution in [3.05, 3.63) is 0 Å². The lowest BCUT2D eigenvalue weighted by Gasteiger charge is -2.30. The zero-order chi connectivity index (χ0) is 15.8. The van der Waals surface area contributed by atoms with Gasteiger partial charge >= 0.3 is 0 Å². The average Bonchev–Trinajstić information content (AvgIpc) is 3.00. The number of rotatable bonds is 5. The summed E-state index contributed by atoms with van der Waals surface area (Å²) in [6, 6.07) is 0.552. The van der Waals surface area contributed by atoms with Crippen molar-refractivity contribution in [3.8, 4) is 0 Å². The number of nitrogens with one attached hydrogen (secondary N) is 2. The van der Waals surface area contributed by atoms with Crippen molar-refractivity contribution >= 4 is 11.9 Å². The average molecular weight is 308 g/mol. The fourth-order valence-corrected chi connectivity index (χ4v) is 3.42. The molecule has 1 saturated carbocycles. The normalized spacial score (nSPS) is 23.6. The molecule has 0 spiro atoms. The van der Waals surface area contributed by atoms with Gasteiger partial charge in [-0.2, -0.15) is 0 Å². The molecule has 1 unspecified atom stereocenters. The van der Waals surface area contributed by atoms with E-state index in [1.165, 1.54) is 32.1 Å². The highest BCUT2D eigenvalue weighted by Crippen LogP contribution is 2.17. The number of hydrogen-bond donors (Lipinski definition) is 2. The van der Waals surface area contributed by atoms with E-state index in [-0.39, 0.29) is 5.91 Å². The molecule has 5 nitrogen and oxygen atoms in total. The van der Waals surface area contributed by atoms with E-state index in [9.17, 15) is 4.79 Å². The molecule has 0 aromatic heterocycles. The Balaban J connectivity index is 1.75.